The van der Waals surface area contributed by atoms with Gasteiger partial charge in [-0.05, 0) is 17.7 Å². The van der Waals surface area contributed by atoms with Crippen molar-refractivity contribution in [3.63, 3.8) is 0 Å². The maximum Gasteiger partial charge on any atom is 0.311 e. The standard InChI is InChI=1S/C19H15N3O2/c1-24-17(23)16-15(12-7-3-2-4-8-12)19(16,11-20)18-21-13-9-5-6-10-14(13)22-18/h2-10,15-16H,1H3,(H,21,22)/t15-,16+,19-/m0/s1. The van der Waals surface area contributed by atoms with E-state index in [1.807, 2.05) is 54.6 Å². The number of nitrogens with zero attached hydrogens (tertiary/aromatic N) is 2. The second kappa shape index (κ2) is 5.20. The maximum atomic E-state index is 12.3. The van der Waals surface area contributed by atoms with Crippen molar-refractivity contribution in [3.8, 4) is 6.07 Å². The average Bonchev–Trinajstić information content (AvgIpc) is 3.14. The third-order valence-electron chi connectivity index (χ3n) is 4.79. The largest absolute Gasteiger partial charge is 0.469 e. The van der Waals surface area contributed by atoms with Gasteiger partial charge in [0.15, 0.2) is 0 Å². The molecule has 2 aromatic carbocycles. The van der Waals surface area contributed by atoms with Crippen molar-refractivity contribution in [2.24, 2.45) is 5.92 Å². The number of rotatable bonds is 3. The lowest BCUT2D eigenvalue weighted by atomic mass is 9.99. The first-order chi connectivity index (χ1) is 11.7. The molecule has 3 aromatic rings. The maximum absolute atomic E-state index is 12.3. The number of aromatic amines is 1. The smallest absolute Gasteiger partial charge is 0.311 e. The molecule has 118 valence electrons. The number of para-hydroxylation sites is 2. The number of aromatic nitrogens is 2. The number of carbonyl (C=O) groups excluding carboxylic acids is 1. The summed E-state index contributed by atoms with van der Waals surface area (Å²) in [5.74, 6) is -0.687. The molecule has 0 radical (unpaired) electrons. The van der Waals surface area contributed by atoms with Crippen LogP contribution in [0.25, 0.3) is 11.0 Å². The number of imidazole rings is 1. The molecule has 0 spiro atoms. The molecular weight excluding hydrogens is 302 g/mol. The molecule has 1 aliphatic carbocycles. The SMILES string of the molecule is COC(=O)[C@H]1[C@H](c2ccccc2)[C@]1(C#N)c1nc2ccccc2[nH]1. The van der Waals surface area contributed by atoms with Crippen LogP contribution in [0.5, 0.6) is 0 Å². The number of methoxy groups -OCH3 is 1. The molecule has 0 aliphatic heterocycles. The zero-order valence-corrected chi connectivity index (χ0v) is 13.1. The first-order valence-electron chi connectivity index (χ1n) is 7.71. The minimum absolute atomic E-state index is 0.267. The number of carbonyl (C=O) groups is 1. The predicted molar refractivity (Wildman–Crippen MR) is 88.1 cm³/mol. The number of hydrogen-bond donors (Lipinski definition) is 1. The summed E-state index contributed by atoms with van der Waals surface area (Å²) < 4.78 is 4.95. The zero-order chi connectivity index (χ0) is 16.7. The lowest BCUT2D eigenvalue weighted by Crippen LogP contribution is -2.16. The van der Waals surface area contributed by atoms with Crippen LogP contribution in [-0.4, -0.2) is 23.0 Å². The molecule has 4 rings (SSSR count). The lowest BCUT2D eigenvalue weighted by Gasteiger charge is -2.05. The quantitative estimate of drug-likeness (QED) is 0.753. The lowest BCUT2D eigenvalue weighted by molar-refractivity contribution is -0.142. The number of H-pyrrole nitrogens is 1. The van der Waals surface area contributed by atoms with E-state index >= 15 is 0 Å². The van der Waals surface area contributed by atoms with Crippen LogP contribution < -0.4 is 0 Å². The van der Waals surface area contributed by atoms with Crippen LogP contribution in [0.2, 0.25) is 0 Å². The van der Waals surface area contributed by atoms with Crippen molar-refractivity contribution in [2.45, 2.75) is 11.3 Å². The highest BCUT2D eigenvalue weighted by atomic mass is 16.5. The van der Waals surface area contributed by atoms with Crippen molar-refractivity contribution in [1.29, 1.82) is 5.26 Å². The van der Waals surface area contributed by atoms with E-state index in [1.165, 1.54) is 7.11 Å². The molecule has 0 unspecified atom stereocenters. The van der Waals surface area contributed by atoms with E-state index in [1.54, 1.807) is 0 Å². The Hall–Kier alpha value is -3.13. The van der Waals surface area contributed by atoms with Crippen LogP contribution in [0.15, 0.2) is 54.6 Å². The molecule has 5 nitrogen and oxygen atoms in total. The van der Waals surface area contributed by atoms with Gasteiger partial charge in [-0.25, -0.2) is 4.98 Å². The molecular formula is C19H15N3O2. The molecule has 1 heterocycles. The fraction of sp³-hybridized carbons (Fsp3) is 0.211. The molecule has 1 aliphatic rings. The molecule has 1 fully saturated rings. The molecule has 0 bridgehead atoms. The number of nitriles is 1. The van der Waals surface area contributed by atoms with E-state index < -0.39 is 11.3 Å². The molecule has 1 aromatic heterocycles. The van der Waals surface area contributed by atoms with Crippen LogP contribution in [0.1, 0.15) is 17.3 Å². The Bertz CT molecular complexity index is 924. The summed E-state index contributed by atoms with van der Waals surface area (Å²) >= 11 is 0. The van der Waals surface area contributed by atoms with Gasteiger partial charge in [0.2, 0.25) is 0 Å². The van der Waals surface area contributed by atoms with E-state index in [0.29, 0.717) is 5.82 Å². The number of benzene rings is 2. The summed E-state index contributed by atoms with van der Waals surface area (Å²) in [6.45, 7) is 0. The summed E-state index contributed by atoms with van der Waals surface area (Å²) in [5.41, 5.74) is 1.55. The Morgan fingerprint density at radius 1 is 1.21 bits per heavy atom. The molecule has 0 amide bonds. The van der Waals surface area contributed by atoms with Gasteiger partial charge in [0.1, 0.15) is 11.2 Å². The molecule has 0 saturated heterocycles. The van der Waals surface area contributed by atoms with Crippen molar-refractivity contribution in [1.82, 2.24) is 9.97 Å². The Kier molecular flexibility index (Phi) is 3.14. The molecule has 1 saturated carbocycles. The summed E-state index contributed by atoms with van der Waals surface area (Å²) in [5, 5.41) is 9.96. The summed E-state index contributed by atoms with van der Waals surface area (Å²) in [4.78, 5) is 20.1. The van der Waals surface area contributed by atoms with Crippen LogP contribution >= 0.6 is 0 Å². The van der Waals surface area contributed by atoms with Gasteiger partial charge in [0.05, 0.1) is 30.1 Å². The average molecular weight is 317 g/mol. The van der Waals surface area contributed by atoms with Crippen molar-refractivity contribution < 1.29 is 9.53 Å². The zero-order valence-electron chi connectivity index (χ0n) is 13.1. The van der Waals surface area contributed by atoms with Gasteiger partial charge in [-0.1, -0.05) is 42.5 Å². The molecule has 24 heavy (non-hydrogen) atoms. The normalized spacial score (nSPS) is 25.2. The second-order valence-electron chi connectivity index (χ2n) is 5.97. The van der Waals surface area contributed by atoms with Gasteiger partial charge in [-0.15, -0.1) is 0 Å². The Balaban J connectivity index is 1.87. The third-order valence-corrected chi connectivity index (χ3v) is 4.79. The van der Waals surface area contributed by atoms with Crippen molar-refractivity contribution in [3.05, 3.63) is 66.0 Å². The minimum Gasteiger partial charge on any atom is -0.469 e. The fourth-order valence-corrected chi connectivity index (χ4v) is 3.59. The van der Waals surface area contributed by atoms with E-state index in [4.69, 9.17) is 4.74 Å². The highest BCUT2D eigenvalue weighted by Crippen LogP contribution is 2.65. The van der Waals surface area contributed by atoms with Gasteiger partial charge in [-0.2, -0.15) is 5.26 Å². The van der Waals surface area contributed by atoms with Gasteiger partial charge >= 0.3 is 5.97 Å². The van der Waals surface area contributed by atoms with Crippen LogP contribution in [-0.2, 0) is 14.9 Å². The van der Waals surface area contributed by atoms with Crippen molar-refractivity contribution >= 4 is 17.0 Å². The number of esters is 1. The highest BCUT2D eigenvalue weighted by Gasteiger charge is 2.73. The molecule has 5 heteroatoms. The van der Waals surface area contributed by atoms with Gasteiger partial charge in [0.25, 0.3) is 0 Å². The molecule has 3 atom stereocenters. The number of ether oxygens (including phenoxy) is 1. The van der Waals surface area contributed by atoms with Crippen LogP contribution in [0.4, 0.5) is 0 Å². The Labute approximate surface area is 138 Å². The van der Waals surface area contributed by atoms with Gasteiger partial charge in [-0.3, -0.25) is 4.79 Å². The van der Waals surface area contributed by atoms with Crippen LogP contribution in [0, 0.1) is 17.2 Å². The van der Waals surface area contributed by atoms with E-state index in [-0.39, 0.29) is 11.9 Å². The van der Waals surface area contributed by atoms with E-state index in [2.05, 4.69) is 16.0 Å². The highest BCUT2D eigenvalue weighted by molar-refractivity contribution is 5.85. The van der Waals surface area contributed by atoms with E-state index in [0.717, 1.165) is 16.6 Å². The van der Waals surface area contributed by atoms with E-state index in [9.17, 15) is 10.1 Å². The van der Waals surface area contributed by atoms with Crippen LogP contribution in [0.3, 0.4) is 0 Å². The fourth-order valence-electron chi connectivity index (χ4n) is 3.59. The molecule has 1 N–H and O–H groups in total. The first kappa shape index (κ1) is 14.5. The number of hydrogen-bond acceptors (Lipinski definition) is 4. The summed E-state index contributed by atoms with van der Waals surface area (Å²) in [6, 6.07) is 19.5. The minimum atomic E-state index is -1.02. The summed E-state index contributed by atoms with van der Waals surface area (Å²) in [7, 11) is 1.35. The third kappa shape index (κ3) is 1.86. The number of nitrogens with one attached hydrogen (secondary N) is 1. The Morgan fingerprint density at radius 2 is 1.92 bits per heavy atom. The monoisotopic (exact) mass is 317 g/mol. The van der Waals surface area contributed by atoms with Gasteiger partial charge in [0, 0.05) is 5.92 Å². The van der Waals surface area contributed by atoms with Crippen molar-refractivity contribution in [2.75, 3.05) is 7.11 Å². The number of fused-ring (bicyclic) bond motifs is 1. The topological polar surface area (TPSA) is 78.8 Å². The first-order valence-corrected chi connectivity index (χ1v) is 7.71. The predicted octanol–water partition coefficient (Wildman–Crippen LogP) is 2.91. The van der Waals surface area contributed by atoms with Gasteiger partial charge < -0.3 is 9.72 Å². The second-order valence-corrected chi connectivity index (χ2v) is 5.97. The Morgan fingerprint density at radius 3 is 2.58 bits per heavy atom. The summed E-state index contributed by atoms with van der Waals surface area (Å²) in [6.07, 6.45) is 0.